The number of rotatable bonds is 2. The zero-order chi connectivity index (χ0) is 8.36. The topological polar surface area (TPSA) is 26.3 Å². The molecule has 0 aromatic heterocycles. The number of halogens is 2. The second-order valence-electron chi connectivity index (χ2n) is 1.98. The molecule has 0 bridgehead atoms. The predicted octanol–water partition coefficient (Wildman–Crippen LogP) is 2.41. The van der Waals surface area contributed by atoms with Gasteiger partial charge in [-0.3, -0.25) is 0 Å². The van der Waals surface area contributed by atoms with Crippen molar-refractivity contribution < 1.29 is 9.53 Å². The van der Waals surface area contributed by atoms with Crippen molar-refractivity contribution in [2.24, 2.45) is 0 Å². The Balaban J connectivity index is 3.93. The van der Waals surface area contributed by atoms with Crippen LogP contribution in [0.3, 0.4) is 0 Å². The van der Waals surface area contributed by atoms with Crippen molar-refractivity contribution in [3.8, 4) is 0 Å². The Hall–Kier alpha value is -0.0200. The second-order valence-corrected chi connectivity index (χ2v) is 4.67. The molecule has 0 aliphatic heterocycles. The van der Waals surface area contributed by atoms with Gasteiger partial charge in [-0.05, 0) is 22.9 Å². The second kappa shape index (κ2) is 3.39. The molecule has 0 fully saturated rings. The van der Waals surface area contributed by atoms with Gasteiger partial charge >= 0.3 is 5.97 Å². The Morgan fingerprint density at radius 2 is 2.20 bits per heavy atom. The lowest BCUT2D eigenvalue weighted by Gasteiger charge is -2.14. The van der Waals surface area contributed by atoms with Gasteiger partial charge in [0.1, 0.15) is 0 Å². The van der Waals surface area contributed by atoms with Crippen LogP contribution in [-0.2, 0) is 9.53 Å². The summed E-state index contributed by atoms with van der Waals surface area (Å²) < 4.78 is 3.52. The molecular formula is C6H8BrClO2. The van der Waals surface area contributed by atoms with Crippen molar-refractivity contribution >= 4 is 33.5 Å². The summed E-state index contributed by atoms with van der Waals surface area (Å²) in [5, 5.41) is 0. The first-order valence-electron chi connectivity index (χ1n) is 2.59. The Kier molecular flexibility index (Phi) is 3.39. The maximum absolute atomic E-state index is 10.7. The first kappa shape index (κ1) is 9.98. The van der Waals surface area contributed by atoms with E-state index in [0.29, 0.717) is 5.57 Å². The molecule has 0 rings (SSSR count). The van der Waals surface area contributed by atoms with Crippen molar-refractivity contribution in [3.63, 3.8) is 0 Å². The summed E-state index contributed by atoms with van der Waals surface area (Å²) in [7, 11) is 0. The summed E-state index contributed by atoms with van der Waals surface area (Å²) in [5.74, 6) is -0.505. The van der Waals surface area contributed by atoms with Gasteiger partial charge in [-0.2, -0.15) is 0 Å². The van der Waals surface area contributed by atoms with Crippen molar-refractivity contribution in [2.75, 3.05) is 0 Å². The molecule has 2 nitrogen and oxygen atoms in total. The van der Waals surface area contributed by atoms with Crippen LogP contribution in [0.25, 0.3) is 0 Å². The zero-order valence-electron chi connectivity index (χ0n) is 5.78. The van der Waals surface area contributed by atoms with Crippen LogP contribution < -0.4 is 0 Å². The Morgan fingerprint density at radius 1 is 1.80 bits per heavy atom. The molecule has 0 N–H and O–H groups in total. The zero-order valence-corrected chi connectivity index (χ0v) is 8.12. The summed E-state index contributed by atoms with van der Waals surface area (Å²) in [6.45, 7) is 6.45. The van der Waals surface area contributed by atoms with Crippen LogP contribution >= 0.6 is 27.5 Å². The van der Waals surface area contributed by atoms with Crippen LogP contribution in [0, 0.1) is 0 Å². The minimum Gasteiger partial charge on any atom is -0.430 e. The van der Waals surface area contributed by atoms with Crippen LogP contribution in [0.5, 0.6) is 0 Å². The van der Waals surface area contributed by atoms with Gasteiger partial charge in [0.05, 0.1) is 0 Å². The summed E-state index contributed by atoms with van der Waals surface area (Å²) in [6.07, 6.45) is 0. The molecule has 0 aliphatic rings. The molecule has 0 aromatic carbocycles. The van der Waals surface area contributed by atoms with Gasteiger partial charge in [0.25, 0.3) is 0 Å². The first-order chi connectivity index (χ1) is 4.33. The largest absolute Gasteiger partial charge is 0.430 e. The number of hydrogen-bond acceptors (Lipinski definition) is 2. The van der Waals surface area contributed by atoms with E-state index in [9.17, 15) is 4.79 Å². The minimum atomic E-state index is -1.12. The smallest absolute Gasteiger partial charge is 0.335 e. The summed E-state index contributed by atoms with van der Waals surface area (Å²) in [5.41, 5.74) is 0.325. The molecule has 0 radical (unpaired) electrons. The van der Waals surface area contributed by atoms with Gasteiger partial charge in [-0.1, -0.05) is 18.2 Å². The highest BCUT2D eigenvalue weighted by Crippen LogP contribution is 2.24. The molecule has 10 heavy (non-hydrogen) atoms. The quantitative estimate of drug-likeness (QED) is 0.411. The average Bonchev–Trinajstić information content (AvgIpc) is 1.60. The molecule has 0 aromatic rings. The third kappa shape index (κ3) is 4.82. The van der Waals surface area contributed by atoms with Crippen LogP contribution in [0.1, 0.15) is 13.8 Å². The summed E-state index contributed by atoms with van der Waals surface area (Å²) >= 11 is 8.43. The van der Waals surface area contributed by atoms with Crippen molar-refractivity contribution in [1.82, 2.24) is 0 Å². The van der Waals surface area contributed by atoms with E-state index in [1.807, 2.05) is 0 Å². The van der Waals surface area contributed by atoms with Crippen molar-refractivity contribution in [3.05, 3.63) is 12.2 Å². The van der Waals surface area contributed by atoms with Gasteiger partial charge in [0.2, 0.25) is 3.97 Å². The molecule has 0 amide bonds. The van der Waals surface area contributed by atoms with Crippen molar-refractivity contribution in [2.45, 2.75) is 17.8 Å². The fourth-order valence-electron chi connectivity index (χ4n) is 0.250. The molecule has 1 unspecified atom stereocenters. The Morgan fingerprint density at radius 3 is 2.30 bits per heavy atom. The molecule has 0 saturated carbocycles. The van der Waals surface area contributed by atoms with E-state index in [-0.39, 0.29) is 0 Å². The van der Waals surface area contributed by atoms with Crippen molar-refractivity contribution in [1.29, 1.82) is 0 Å². The molecule has 0 aliphatic carbocycles. The Bertz CT molecular complexity index is 160. The van der Waals surface area contributed by atoms with Gasteiger partial charge in [-0.25, -0.2) is 4.79 Å². The van der Waals surface area contributed by atoms with Gasteiger partial charge in [0, 0.05) is 12.5 Å². The highest BCUT2D eigenvalue weighted by molar-refractivity contribution is 9.10. The maximum Gasteiger partial charge on any atom is 0.335 e. The third-order valence-corrected chi connectivity index (χ3v) is 0.859. The molecule has 0 heterocycles. The molecule has 1 atom stereocenters. The monoisotopic (exact) mass is 226 g/mol. The summed E-state index contributed by atoms with van der Waals surface area (Å²) in [4.78, 5) is 10.7. The summed E-state index contributed by atoms with van der Waals surface area (Å²) in [6, 6.07) is 0. The molecule has 4 heteroatoms. The number of carbonyl (C=O) groups excluding carboxylic acids is 1. The molecule has 0 saturated heterocycles. The van der Waals surface area contributed by atoms with E-state index in [1.165, 1.54) is 6.92 Å². The van der Waals surface area contributed by atoms with Crippen LogP contribution in [0.15, 0.2) is 12.2 Å². The van der Waals surface area contributed by atoms with E-state index in [0.717, 1.165) is 0 Å². The highest BCUT2D eigenvalue weighted by atomic mass is 79.9. The fourth-order valence-corrected chi connectivity index (χ4v) is 0.467. The van der Waals surface area contributed by atoms with Crippen LogP contribution in [0.2, 0.25) is 0 Å². The number of carbonyl (C=O) groups is 1. The number of ether oxygens (including phenoxy) is 1. The minimum absolute atomic E-state index is 0.325. The maximum atomic E-state index is 10.7. The van der Waals surface area contributed by atoms with E-state index in [4.69, 9.17) is 11.6 Å². The van der Waals surface area contributed by atoms with E-state index in [1.54, 1.807) is 6.92 Å². The lowest BCUT2D eigenvalue weighted by molar-refractivity contribution is -0.141. The standard InChI is InChI=1S/C6H8BrClO2/c1-4(2)5(9)10-6(3,7)8/h1H2,2-3H3. The van der Waals surface area contributed by atoms with Gasteiger partial charge in [0.15, 0.2) is 0 Å². The number of hydrogen-bond donors (Lipinski definition) is 0. The van der Waals surface area contributed by atoms with E-state index >= 15 is 0 Å². The molecule has 0 spiro atoms. The molecule has 58 valence electrons. The fraction of sp³-hybridized carbons (Fsp3) is 0.500. The number of alkyl halides is 2. The normalized spacial score (nSPS) is 15.6. The van der Waals surface area contributed by atoms with E-state index < -0.39 is 9.94 Å². The van der Waals surface area contributed by atoms with E-state index in [2.05, 4.69) is 27.2 Å². The first-order valence-corrected chi connectivity index (χ1v) is 3.76. The van der Waals surface area contributed by atoms with Gasteiger partial charge < -0.3 is 4.74 Å². The van der Waals surface area contributed by atoms with Gasteiger partial charge in [-0.15, -0.1) is 0 Å². The molecular weight excluding hydrogens is 219 g/mol. The number of esters is 1. The Labute approximate surface area is 73.3 Å². The SMILES string of the molecule is C=C(C)C(=O)OC(C)(Cl)Br. The van der Waals surface area contributed by atoms with Crippen LogP contribution in [-0.4, -0.2) is 9.94 Å². The van der Waals surface area contributed by atoms with Crippen LogP contribution in [0.4, 0.5) is 0 Å². The average molecular weight is 227 g/mol. The highest BCUT2D eigenvalue weighted by Gasteiger charge is 2.20. The lowest BCUT2D eigenvalue weighted by Crippen LogP contribution is -2.17. The third-order valence-electron chi connectivity index (χ3n) is 0.620. The lowest BCUT2D eigenvalue weighted by atomic mass is 10.4. The predicted molar refractivity (Wildman–Crippen MR) is 44.1 cm³/mol.